The van der Waals surface area contributed by atoms with Gasteiger partial charge in [-0.25, -0.2) is 0 Å². The lowest BCUT2D eigenvalue weighted by molar-refractivity contribution is -0.138. The first-order chi connectivity index (χ1) is 7.52. The van der Waals surface area contributed by atoms with Crippen LogP contribution in [0.15, 0.2) is 6.07 Å². The van der Waals surface area contributed by atoms with E-state index in [1.165, 1.54) is 0 Å². The van der Waals surface area contributed by atoms with E-state index in [0.717, 1.165) is 11.1 Å². The summed E-state index contributed by atoms with van der Waals surface area (Å²) in [7, 11) is 0. The van der Waals surface area contributed by atoms with E-state index < -0.39 is 12.0 Å². The molecule has 0 spiro atoms. The van der Waals surface area contributed by atoms with Crippen LogP contribution in [0.2, 0.25) is 0 Å². The fraction of sp³-hybridized carbons (Fsp3) is 0.364. The molecule has 1 aliphatic rings. The molecule has 16 heavy (non-hydrogen) atoms. The van der Waals surface area contributed by atoms with Gasteiger partial charge in [-0.2, -0.15) is 0 Å². The molecule has 0 aliphatic carbocycles. The van der Waals surface area contributed by atoms with Crippen molar-refractivity contribution in [3.05, 3.63) is 22.8 Å². The van der Waals surface area contributed by atoms with Gasteiger partial charge in [0.25, 0.3) is 0 Å². The Bertz CT molecular complexity index is 456. The van der Waals surface area contributed by atoms with Crippen LogP contribution in [0.3, 0.4) is 0 Å². The monoisotopic (exact) mass is 223 g/mol. The molecule has 1 aromatic carbocycles. The second kappa shape index (κ2) is 3.68. The molecular formula is C11H13NO4. The van der Waals surface area contributed by atoms with E-state index in [4.69, 9.17) is 20.3 Å². The van der Waals surface area contributed by atoms with Gasteiger partial charge in [0.05, 0.1) is 0 Å². The SMILES string of the molecule is Cc1c(C(N)C(=O)O)cc2c(c1C)OCO2. The number of benzene rings is 1. The zero-order chi connectivity index (χ0) is 11.9. The maximum Gasteiger partial charge on any atom is 0.325 e. The molecule has 0 saturated carbocycles. The minimum atomic E-state index is -1.05. The highest BCUT2D eigenvalue weighted by Crippen LogP contribution is 2.40. The number of hydrogen-bond donors (Lipinski definition) is 2. The average Bonchev–Trinajstić information content (AvgIpc) is 2.70. The molecule has 1 unspecified atom stereocenters. The van der Waals surface area contributed by atoms with Gasteiger partial charge in [-0.05, 0) is 36.6 Å². The second-order valence-electron chi connectivity index (χ2n) is 3.77. The summed E-state index contributed by atoms with van der Waals surface area (Å²) in [5, 5.41) is 8.90. The van der Waals surface area contributed by atoms with Crippen LogP contribution < -0.4 is 15.2 Å². The van der Waals surface area contributed by atoms with E-state index in [1.807, 2.05) is 13.8 Å². The van der Waals surface area contributed by atoms with Crippen LogP contribution in [0.5, 0.6) is 11.5 Å². The van der Waals surface area contributed by atoms with Crippen molar-refractivity contribution in [1.82, 2.24) is 0 Å². The summed E-state index contributed by atoms with van der Waals surface area (Å²) in [4.78, 5) is 10.9. The van der Waals surface area contributed by atoms with Gasteiger partial charge >= 0.3 is 5.97 Å². The van der Waals surface area contributed by atoms with Crippen molar-refractivity contribution in [2.24, 2.45) is 5.73 Å². The first kappa shape index (κ1) is 10.8. The molecule has 0 amide bonds. The van der Waals surface area contributed by atoms with Crippen LogP contribution in [-0.2, 0) is 4.79 Å². The van der Waals surface area contributed by atoms with Crippen LogP contribution in [-0.4, -0.2) is 17.9 Å². The number of fused-ring (bicyclic) bond motifs is 1. The Balaban J connectivity index is 2.56. The van der Waals surface area contributed by atoms with Gasteiger partial charge in [-0.3, -0.25) is 4.79 Å². The minimum absolute atomic E-state index is 0.168. The predicted octanol–water partition coefficient (Wildman–Crippen LogP) is 1.12. The van der Waals surface area contributed by atoms with Crippen LogP contribution in [0.25, 0.3) is 0 Å². The van der Waals surface area contributed by atoms with Crippen LogP contribution >= 0.6 is 0 Å². The third-order valence-electron chi connectivity index (χ3n) is 2.87. The fourth-order valence-electron chi connectivity index (χ4n) is 1.78. The molecule has 1 aliphatic heterocycles. The molecule has 3 N–H and O–H groups in total. The smallest absolute Gasteiger partial charge is 0.325 e. The van der Waals surface area contributed by atoms with E-state index in [1.54, 1.807) is 6.07 Å². The second-order valence-corrected chi connectivity index (χ2v) is 3.77. The van der Waals surface area contributed by atoms with Gasteiger partial charge in [0, 0.05) is 0 Å². The number of nitrogens with two attached hydrogens (primary N) is 1. The molecule has 5 heteroatoms. The van der Waals surface area contributed by atoms with E-state index >= 15 is 0 Å². The van der Waals surface area contributed by atoms with Gasteiger partial charge in [0.1, 0.15) is 6.04 Å². The summed E-state index contributed by atoms with van der Waals surface area (Å²) < 4.78 is 10.5. The Hall–Kier alpha value is -1.75. The Labute approximate surface area is 92.8 Å². The lowest BCUT2D eigenvalue weighted by Gasteiger charge is -2.14. The standard InChI is InChI=1S/C11H13NO4/c1-5-6(2)10-8(15-4-16-10)3-7(5)9(12)11(13)14/h3,9H,4,12H2,1-2H3,(H,13,14). The van der Waals surface area contributed by atoms with E-state index in [2.05, 4.69) is 0 Å². The lowest BCUT2D eigenvalue weighted by Crippen LogP contribution is -2.21. The highest BCUT2D eigenvalue weighted by Gasteiger charge is 2.24. The van der Waals surface area contributed by atoms with Gasteiger partial charge in [0.15, 0.2) is 11.5 Å². The summed E-state index contributed by atoms with van der Waals surface area (Å²) in [6.07, 6.45) is 0. The van der Waals surface area contributed by atoms with Crippen molar-refractivity contribution in [3.63, 3.8) is 0 Å². The average molecular weight is 223 g/mol. The zero-order valence-electron chi connectivity index (χ0n) is 9.11. The first-order valence-corrected chi connectivity index (χ1v) is 4.90. The molecule has 0 fully saturated rings. The molecule has 0 bridgehead atoms. The zero-order valence-corrected chi connectivity index (χ0v) is 9.11. The summed E-state index contributed by atoms with van der Waals surface area (Å²) in [5.41, 5.74) is 7.88. The molecule has 1 heterocycles. The number of carbonyl (C=O) groups is 1. The third kappa shape index (κ3) is 1.49. The molecule has 1 atom stereocenters. The summed E-state index contributed by atoms with van der Waals surface area (Å²) in [6.45, 7) is 3.86. The Kier molecular flexibility index (Phi) is 2.47. The highest BCUT2D eigenvalue weighted by molar-refractivity contribution is 5.77. The van der Waals surface area contributed by atoms with Crippen molar-refractivity contribution in [2.45, 2.75) is 19.9 Å². The molecule has 0 saturated heterocycles. The van der Waals surface area contributed by atoms with Crippen molar-refractivity contribution in [2.75, 3.05) is 6.79 Å². The third-order valence-corrected chi connectivity index (χ3v) is 2.87. The van der Waals surface area contributed by atoms with Crippen molar-refractivity contribution < 1.29 is 19.4 Å². The maximum atomic E-state index is 10.9. The molecule has 0 aromatic heterocycles. The molecular weight excluding hydrogens is 210 g/mol. The summed E-state index contributed by atoms with van der Waals surface area (Å²) in [6, 6.07) is 0.608. The molecule has 1 aromatic rings. The Morgan fingerprint density at radius 3 is 2.75 bits per heavy atom. The quantitative estimate of drug-likeness (QED) is 0.785. The number of carboxylic acids is 1. The topological polar surface area (TPSA) is 81.8 Å². The minimum Gasteiger partial charge on any atom is -0.480 e. The largest absolute Gasteiger partial charge is 0.480 e. The number of hydrogen-bond acceptors (Lipinski definition) is 4. The van der Waals surface area contributed by atoms with Crippen molar-refractivity contribution >= 4 is 5.97 Å². The Morgan fingerprint density at radius 2 is 2.12 bits per heavy atom. The molecule has 0 radical (unpaired) electrons. The maximum absolute atomic E-state index is 10.9. The van der Waals surface area contributed by atoms with E-state index in [0.29, 0.717) is 17.1 Å². The molecule has 5 nitrogen and oxygen atoms in total. The van der Waals surface area contributed by atoms with Crippen molar-refractivity contribution in [1.29, 1.82) is 0 Å². The van der Waals surface area contributed by atoms with Gasteiger partial charge in [0.2, 0.25) is 6.79 Å². The molecule has 2 rings (SSSR count). The van der Waals surface area contributed by atoms with Gasteiger partial charge in [-0.1, -0.05) is 0 Å². The fourth-order valence-corrected chi connectivity index (χ4v) is 1.78. The molecule has 86 valence electrons. The van der Waals surface area contributed by atoms with Crippen molar-refractivity contribution in [3.8, 4) is 11.5 Å². The summed E-state index contributed by atoms with van der Waals surface area (Å²) >= 11 is 0. The predicted molar refractivity (Wildman–Crippen MR) is 56.6 cm³/mol. The van der Waals surface area contributed by atoms with Crippen LogP contribution in [0, 0.1) is 13.8 Å². The number of ether oxygens (including phenoxy) is 2. The summed E-state index contributed by atoms with van der Waals surface area (Å²) in [5.74, 6) is 0.190. The Morgan fingerprint density at radius 1 is 1.44 bits per heavy atom. The first-order valence-electron chi connectivity index (χ1n) is 4.90. The number of carboxylic acid groups (broad SMARTS) is 1. The number of aliphatic carboxylic acids is 1. The van der Waals surface area contributed by atoms with E-state index in [9.17, 15) is 4.79 Å². The highest BCUT2D eigenvalue weighted by atomic mass is 16.7. The van der Waals surface area contributed by atoms with Gasteiger partial charge in [-0.15, -0.1) is 0 Å². The lowest BCUT2D eigenvalue weighted by atomic mass is 9.96. The van der Waals surface area contributed by atoms with E-state index in [-0.39, 0.29) is 6.79 Å². The number of rotatable bonds is 2. The van der Waals surface area contributed by atoms with Crippen LogP contribution in [0.1, 0.15) is 22.7 Å². The van der Waals surface area contributed by atoms with Crippen LogP contribution in [0.4, 0.5) is 0 Å². The van der Waals surface area contributed by atoms with Gasteiger partial charge < -0.3 is 20.3 Å². The normalized spacial score (nSPS) is 14.9.